The van der Waals surface area contributed by atoms with Gasteiger partial charge < -0.3 is 9.84 Å². The number of nitrogens with zero attached hydrogens (tertiary/aromatic N) is 1. The van der Waals surface area contributed by atoms with Crippen molar-refractivity contribution >= 4 is 0 Å². The van der Waals surface area contributed by atoms with Crippen LogP contribution in [0.3, 0.4) is 0 Å². The third kappa shape index (κ3) is 2.65. The molecule has 0 spiro atoms. The number of benzene rings is 1. The number of aliphatic hydroxyl groups is 1. The predicted molar refractivity (Wildman–Crippen MR) is 67.0 cm³/mol. The van der Waals surface area contributed by atoms with Gasteiger partial charge in [0.1, 0.15) is 11.6 Å². The zero-order valence-corrected chi connectivity index (χ0v) is 10.1. The van der Waals surface area contributed by atoms with Crippen LogP contribution in [0.1, 0.15) is 5.69 Å². The first-order valence-corrected chi connectivity index (χ1v) is 5.64. The summed E-state index contributed by atoms with van der Waals surface area (Å²) in [7, 11) is 1.54. The van der Waals surface area contributed by atoms with Crippen LogP contribution in [0.4, 0.5) is 4.39 Å². The number of halogens is 1. The average Bonchev–Trinajstić information content (AvgIpc) is 2.41. The fourth-order valence-corrected chi connectivity index (χ4v) is 1.70. The lowest BCUT2D eigenvalue weighted by Crippen LogP contribution is -1.95. The Balaban J connectivity index is 2.35. The fraction of sp³-hybridized carbons (Fsp3) is 0.214. The van der Waals surface area contributed by atoms with Crippen molar-refractivity contribution in [2.75, 3.05) is 13.7 Å². The summed E-state index contributed by atoms with van der Waals surface area (Å²) in [5, 5.41) is 8.80. The highest BCUT2D eigenvalue weighted by atomic mass is 19.1. The molecule has 0 aliphatic carbocycles. The Bertz CT molecular complexity index is 526. The molecule has 3 nitrogen and oxygen atoms in total. The summed E-state index contributed by atoms with van der Waals surface area (Å²) in [4.78, 5) is 4.17. The monoisotopic (exact) mass is 247 g/mol. The van der Waals surface area contributed by atoms with Crippen molar-refractivity contribution in [3.05, 3.63) is 48.0 Å². The molecule has 1 aromatic heterocycles. The van der Waals surface area contributed by atoms with Crippen molar-refractivity contribution < 1.29 is 14.2 Å². The molecule has 1 heterocycles. The van der Waals surface area contributed by atoms with Crippen LogP contribution >= 0.6 is 0 Å². The van der Waals surface area contributed by atoms with E-state index in [9.17, 15) is 4.39 Å². The first-order valence-electron chi connectivity index (χ1n) is 5.64. The Kier molecular flexibility index (Phi) is 3.89. The highest BCUT2D eigenvalue weighted by molar-refractivity contribution is 5.65. The Hall–Kier alpha value is -1.94. The second-order valence-corrected chi connectivity index (χ2v) is 3.86. The third-order valence-electron chi connectivity index (χ3n) is 2.68. The third-order valence-corrected chi connectivity index (χ3v) is 2.68. The highest BCUT2D eigenvalue weighted by Crippen LogP contribution is 2.26. The van der Waals surface area contributed by atoms with Gasteiger partial charge in [0.25, 0.3) is 0 Å². The van der Waals surface area contributed by atoms with Crippen LogP contribution in [0.25, 0.3) is 11.1 Å². The maximum absolute atomic E-state index is 13.7. The van der Waals surface area contributed by atoms with Crippen LogP contribution in [-0.2, 0) is 6.42 Å². The van der Waals surface area contributed by atoms with E-state index in [2.05, 4.69) is 4.98 Å². The Morgan fingerprint density at radius 1 is 1.28 bits per heavy atom. The van der Waals surface area contributed by atoms with E-state index in [0.29, 0.717) is 23.3 Å². The molecule has 0 saturated heterocycles. The molecule has 4 heteroatoms. The number of pyridine rings is 1. The topological polar surface area (TPSA) is 42.4 Å². The summed E-state index contributed by atoms with van der Waals surface area (Å²) in [6.07, 6.45) is 2.10. The number of ether oxygens (including phenoxy) is 1. The smallest absolute Gasteiger partial charge is 0.131 e. The number of aliphatic hydroxyl groups excluding tert-OH is 1. The maximum atomic E-state index is 13.7. The lowest BCUT2D eigenvalue weighted by Gasteiger charge is -2.07. The second-order valence-electron chi connectivity index (χ2n) is 3.86. The minimum atomic E-state index is -0.312. The molecule has 0 atom stereocenters. The molecule has 1 N–H and O–H groups in total. The Labute approximate surface area is 105 Å². The summed E-state index contributed by atoms with van der Waals surface area (Å²) in [6, 6.07) is 8.15. The Morgan fingerprint density at radius 2 is 2.11 bits per heavy atom. The van der Waals surface area contributed by atoms with Gasteiger partial charge in [-0.1, -0.05) is 6.07 Å². The van der Waals surface area contributed by atoms with E-state index in [1.165, 1.54) is 6.07 Å². The second kappa shape index (κ2) is 5.60. The number of methoxy groups -OCH3 is 1. The molecule has 0 saturated carbocycles. The summed E-state index contributed by atoms with van der Waals surface area (Å²) >= 11 is 0. The van der Waals surface area contributed by atoms with E-state index >= 15 is 0 Å². The van der Waals surface area contributed by atoms with Gasteiger partial charge in [-0.05, 0) is 24.3 Å². The van der Waals surface area contributed by atoms with Crippen LogP contribution in [0, 0.1) is 5.82 Å². The molecule has 0 radical (unpaired) electrons. The molecule has 2 rings (SSSR count). The molecule has 2 aromatic rings. The molecular weight excluding hydrogens is 233 g/mol. The van der Waals surface area contributed by atoms with Gasteiger partial charge in [-0.15, -0.1) is 0 Å². The predicted octanol–water partition coefficient (Wildman–Crippen LogP) is 2.43. The molecule has 0 fully saturated rings. The number of aromatic nitrogens is 1. The van der Waals surface area contributed by atoms with E-state index in [4.69, 9.17) is 9.84 Å². The van der Waals surface area contributed by atoms with Crippen LogP contribution in [0.2, 0.25) is 0 Å². The van der Waals surface area contributed by atoms with E-state index in [1.807, 2.05) is 0 Å². The fourth-order valence-electron chi connectivity index (χ4n) is 1.70. The minimum Gasteiger partial charge on any atom is -0.497 e. The van der Waals surface area contributed by atoms with Gasteiger partial charge in [-0.3, -0.25) is 4.98 Å². The lowest BCUT2D eigenvalue weighted by atomic mass is 10.1. The minimum absolute atomic E-state index is 0.0554. The number of hydrogen-bond acceptors (Lipinski definition) is 3. The van der Waals surface area contributed by atoms with Crippen molar-refractivity contribution in [2.24, 2.45) is 0 Å². The summed E-state index contributed by atoms with van der Waals surface area (Å²) in [5.74, 6) is 0.290. The van der Waals surface area contributed by atoms with Crippen LogP contribution < -0.4 is 4.74 Å². The van der Waals surface area contributed by atoms with Crippen molar-refractivity contribution in [1.82, 2.24) is 4.98 Å². The van der Waals surface area contributed by atoms with Crippen molar-refractivity contribution in [1.29, 1.82) is 0 Å². The molecule has 94 valence electrons. The van der Waals surface area contributed by atoms with Gasteiger partial charge in [-0.25, -0.2) is 4.39 Å². The van der Waals surface area contributed by atoms with Crippen molar-refractivity contribution in [3.8, 4) is 16.9 Å². The lowest BCUT2D eigenvalue weighted by molar-refractivity contribution is 0.298. The summed E-state index contributed by atoms with van der Waals surface area (Å²) in [5.41, 5.74) is 1.93. The first-order chi connectivity index (χ1) is 8.74. The normalized spacial score (nSPS) is 10.4. The largest absolute Gasteiger partial charge is 0.497 e. The zero-order chi connectivity index (χ0) is 13.0. The molecule has 0 unspecified atom stereocenters. The van der Waals surface area contributed by atoms with Gasteiger partial charge in [-0.2, -0.15) is 0 Å². The Morgan fingerprint density at radius 3 is 2.72 bits per heavy atom. The highest BCUT2D eigenvalue weighted by Gasteiger charge is 2.07. The van der Waals surface area contributed by atoms with Gasteiger partial charge in [0, 0.05) is 36.0 Å². The van der Waals surface area contributed by atoms with Crippen LogP contribution in [0.15, 0.2) is 36.5 Å². The zero-order valence-electron chi connectivity index (χ0n) is 10.1. The van der Waals surface area contributed by atoms with E-state index in [0.717, 1.165) is 5.69 Å². The van der Waals surface area contributed by atoms with Gasteiger partial charge in [0.15, 0.2) is 0 Å². The molecule has 0 aliphatic heterocycles. The maximum Gasteiger partial charge on any atom is 0.131 e. The molecule has 18 heavy (non-hydrogen) atoms. The van der Waals surface area contributed by atoms with Crippen LogP contribution in [-0.4, -0.2) is 23.8 Å². The van der Waals surface area contributed by atoms with Gasteiger partial charge in [0.05, 0.1) is 7.11 Å². The average molecular weight is 247 g/mol. The molecule has 1 aromatic carbocycles. The standard InChI is InChI=1S/C14H14FNO2/c1-18-12-4-5-14(15)13(8-12)10-2-3-11(6-7-17)16-9-10/h2-5,8-9,17H,6-7H2,1H3. The first kappa shape index (κ1) is 12.5. The summed E-state index contributed by atoms with van der Waals surface area (Å²) in [6.45, 7) is 0.0554. The van der Waals surface area contributed by atoms with E-state index < -0.39 is 0 Å². The number of rotatable bonds is 4. The molecule has 0 bridgehead atoms. The van der Waals surface area contributed by atoms with Gasteiger partial charge in [0.2, 0.25) is 0 Å². The molecule has 0 amide bonds. The van der Waals surface area contributed by atoms with E-state index in [-0.39, 0.29) is 12.4 Å². The van der Waals surface area contributed by atoms with Crippen molar-refractivity contribution in [3.63, 3.8) is 0 Å². The molecule has 0 aliphatic rings. The van der Waals surface area contributed by atoms with Crippen molar-refractivity contribution in [2.45, 2.75) is 6.42 Å². The molecular formula is C14H14FNO2. The summed E-state index contributed by atoms with van der Waals surface area (Å²) < 4.78 is 18.8. The van der Waals surface area contributed by atoms with E-state index in [1.54, 1.807) is 37.6 Å². The van der Waals surface area contributed by atoms with Gasteiger partial charge >= 0.3 is 0 Å². The number of hydrogen-bond donors (Lipinski definition) is 1. The van der Waals surface area contributed by atoms with Crippen LogP contribution in [0.5, 0.6) is 5.75 Å². The SMILES string of the molecule is COc1ccc(F)c(-c2ccc(CCO)nc2)c1. The quantitative estimate of drug-likeness (QED) is 0.902.